The highest BCUT2D eigenvalue weighted by atomic mass is 16.3. The Labute approximate surface area is 90.2 Å². The third-order valence-electron chi connectivity index (χ3n) is 2.00. The topological polar surface area (TPSA) is 75.3 Å². The molecule has 0 heterocycles. The zero-order valence-electron chi connectivity index (χ0n) is 8.94. The number of rotatable bonds is 6. The van der Waals surface area contributed by atoms with Crippen LogP contribution in [0.1, 0.15) is 6.42 Å². The second kappa shape index (κ2) is 6.98. The molecule has 0 spiro atoms. The van der Waals surface area contributed by atoms with Gasteiger partial charge in [-0.25, -0.2) is 0 Å². The van der Waals surface area contributed by atoms with Gasteiger partial charge in [0.05, 0.1) is 6.10 Å². The molecule has 4 N–H and O–H groups in total. The molecular formula is C11H18N2O2. The Kier molecular flexibility index (Phi) is 6.33. The molecule has 0 rings (SSSR count). The summed E-state index contributed by atoms with van der Waals surface area (Å²) in [6.07, 6.45) is 4.27. The van der Waals surface area contributed by atoms with Gasteiger partial charge >= 0.3 is 0 Å². The highest BCUT2D eigenvalue weighted by Gasteiger charge is 2.21. The third-order valence-corrected chi connectivity index (χ3v) is 2.00. The first-order chi connectivity index (χ1) is 7.06. The van der Waals surface area contributed by atoms with Crippen LogP contribution < -0.4 is 11.1 Å². The van der Waals surface area contributed by atoms with Crippen LogP contribution in [0.4, 0.5) is 0 Å². The molecule has 0 saturated carbocycles. The van der Waals surface area contributed by atoms with E-state index in [9.17, 15) is 9.90 Å². The van der Waals surface area contributed by atoms with Crippen molar-refractivity contribution in [1.82, 2.24) is 5.32 Å². The minimum Gasteiger partial charge on any atom is -0.391 e. The van der Waals surface area contributed by atoms with Crippen molar-refractivity contribution in [2.24, 2.45) is 5.73 Å². The summed E-state index contributed by atoms with van der Waals surface area (Å²) >= 11 is 0. The largest absolute Gasteiger partial charge is 0.391 e. The molecule has 1 amide bonds. The molecule has 0 saturated heterocycles. The maximum atomic E-state index is 11.1. The molecule has 15 heavy (non-hydrogen) atoms. The van der Waals surface area contributed by atoms with E-state index in [1.54, 1.807) is 18.2 Å². The summed E-state index contributed by atoms with van der Waals surface area (Å²) in [5, 5.41) is 12.0. The number of nitrogens with one attached hydrogen (secondary N) is 1. The Hall–Kier alpha value is -1.39. The minimum absolute atomic E-state index is 0.282. The van der Waals surface area contributed by atoms with Crippen LogP contribution in [0.15, 0.2) is 37.0 Å². The molecule has 0 aliphatic rings. The molecule has 0 aliphatic heterocycles. The molecule has 0 fully saturated rings. The van der Waals surface area contributed by atoms with Crippen molar-refractivity contribution < 1.29 is 9.90 Å². The quantitative estimate of drug-likeness (QED) is 0.545. The van der Waals surface area contributed by atoms with Gasteiger partial charge in [-0.2, -0.15) is 0 Å². The lowest BCUT2D eigenvalue weighted by Gasteiger charge is -2.17. The molecule has 2 unspecified atom stereocenters. The van der Waals surface area contributed by atoms with Gasteiger partial charge in [-0.15, -0.1) is 0 Å². The Balaban J connectivity index is 4.40. The molecule has 0 radical (unpaired) electrons. The highest BCUT2D eigenvalue weighted by Crippen LogP contribution is 2.09. The summed E-state index contributed by atoms with van der Waals surface area (Å²) in [6.45, 7) is 7.12. The molecular weight excluding hydrogens is 192 g/mol. The van der Waals surface area contributed by atoms with Crippen LogP contribution in [-0.2, 0) is 4.79 Å². The minimum atomic E-state index is -0.928. The van der Waals surface area contributed by atoms with E-state index in [2.05, 4.69) is 18.5 Å². The van der Waals surface area contributed by atoms with Crippen LogP contribution in [0.2, 0.25) is 0 Å². The fourth-order valence-electron chi connectivity index (χ4n) is 1.08. The van der Waals surface area contributed by atoms with Crippen molar-refractivity contribution in [2.45, 2.75) is 18.6 Å². The van der Waals surface area contributed by atoms with Crippen LogP contribution in [0.25, 0.3) is 0 Å². The number of carbonyl (C=O) groups is 1. The van der Waals surface area contributed by atoms with E-state index in [1.165, 1.54) is 7.05 Å². The van der Waals surface area contributed by atoms with Crippen LogP contribution in [0.5, 0.6) is 0 Å². The summed E-state index contributed by atoms with van der Waals surface area (Å²) < 4.78 is 0. The number of likely N-dealkylation sites (N-methyl/N-ethyl adjacent to an activating group) is 1. The van der Waals surface area contributed by atoms with Gasteiger partial charge in [0, 0.05) is 13.5 Å². The van der Waals surface area contributed by atoms with Crippen molar-refractivity contribution in [3.63, 3.8) is 0 Å². The molecule has 4 nitrogen and oxygen atoms in total. The maximum Gasteiger partial charge on any atom is 0.239 e. The Bertz CT molecular complexity index is 272. The SMILES string of the molecule is C=C/C=C(\C=C)CC(O)C(N)C(=O)NC. The smallest absolute Gasteiger partial charge is 0.239 e. The summed E-state index contributed by atoms with van der Waals surface area (Å²) in [5.74, 6) is -0.385. The molecule has 0 aromatic heterocycles. The second-order valence-corrected chi connectivity index (χ2v) is 3.09. The number of aliphatic hydroxyl groups excluding tert-OH is 1. The van der Waals surface area contributed by atoms with E-state index in [0.29, 0.717) is 0 Å². The molecule has 2 atom stereocenters. The Morgan fingerprint density at radius 3 is 2.60 bits per heavy atom. The average Bonchev–Trinajstić information content (AvgIpc) is 2.26. The lowest BCUT2D eigenvalue weighted by Crippen LogP contribution is -2.47. The number of amides is 1. The standard InChI is InChI=1S/C11H18N2O2/c1-4-6-8(5-2)7-9(14)10(12)11(15)13-3/h4-6,9-10,14H,1-2,7,12H2,3H3,(H,13,15)/b8-6+. The molecule has 4 heteroatoms. The zero-order valence-corrected chi connectivity index (χ0v) is 8.94. The summed E-state index contributed by atoms with van der Waals surface area (Å²) in [5.41, 5.74) is 6.31. The molecule has 0 aliphatic carbocycles. The first-order valence-corrected chi connectivity index (χ1v) is 4.66. The monoisotopic (exact) mass is 210 g/mol. The van der Waals surface area contributed by atoms with Crippen molar-refractivity contribution in [3.8, 4) is 0 Å². The van der Waals surface area contributed by atoms with Gasteiger partial charge in [0.15, 0.2) is 0 Å². The Morgan fingerprint density at radius 2 is 2.20 bits per heavy atom. The highest BCUT2D eigenvalue weighted by molar-refractivity contribution is 5.81. The molecule has 0 aromatic carbocycles. The van der Waals surface area contributed by atoms with Crippen molar-refractivity contribution in [1.29, 1.82) is 0 Å². The predicted molar refractivity (Wildman–Crippen MR) is 61.1 cm³/mol. The van der Waals surface area contributed by atoms with Crippen LogP contribution >= 0.6 is 0 Å². The number of hydrogen-bond donors (Lipinski definition) is 3. The number of aliphatic hydroxyl groups is 1. The van der Waals surface area contributed by atoms with Crippen LogP contribution in [-0.4, -0.2) is 30.2 Å². The van der Waals surface area contributed by atoms with Gasteiger partial charge in [0.2, 0.25) is 5.91 Å². The average molecular weight is 210 g/mol. The molecule has 0 bridgehead atoms. The summed E-state index contributed by atoms with van der Waals surface area (Å²) in [7, 11) is 1.48. The molecule has 0 aromatic rings. The predicted octanol–water partition coefficient (Wildman–Crippen LogP) is 0.109. The van der Waals surface area contributed by atoms with Gasteiger partial charge in [-0.3, -0.25) is 4.79 Å². The van der Waals surface area contributed by atoms with Gasteiger partial charge in [-0.1, -0.05) is 31.4 Å². The first kappa shape index (κ1) is 13.6. The first-order valence-electron chi connectivity index (χ1n) is 4.66. The summed E-state index contributed by atoms with van der Waals surface area (Å²) in [6, 6.07) is -0.928. The second-order valence-electron chi connectivity index (χ2n) is 3.09. The van der Waals surface area contributed by atoms with E-state index in [-0.39, 0.29) is 12.3 Å². The lowest BCUT2D eigenvalue weighted by atomic mass is 10.0. The van der Waals surface area contributed by atoms with E-state index in [0.717, 1.165) is 5.57 Å². The van der Waals surface area contributed by atoms with E-state index < -0.39 is 12.1 Å². The number of hydrogen-bond acceptors (Lipinski definition) is 3. The van der Waals surface area contributed by atoms with E-state index in [4.69, 9.17) is 5.73 Å². The van der Waals surface area contributed by atoms with Gasteiger partial charge < -0.3 is 16.2 Å². The Morgan fingerprint density at radius 1 is 1.60 bits per heavy atom. The van der Waals surface area contributed by atoms with Gasteiger partial charge in [0.1, 0.15) is 6.04 Å². The van der Waals surface area contributed by atoms with Gasteiger partial charge in [0.25, 0.3) is 0 Å². The van der Waals surface area contributed by atoms with E-state index >= 15 is 0 Å². The van der Waals surface area contributed by atoms with Gasteiger partial charge in [-0.05, 0) is 5.57 Å². The number of allylic oxidation sites excluding steroid dienone is 3. The maximum absolute atomic E-state index is 11.1. The normalized spacial score (nSPS) is 15.3. The fraction of sp³-hybridized carbons (Fsp3) is 0.364. The van der Waals surface area contributed by atoms with Crippen molar-refractivity contribution in [3.05, 3.63) is 37.0 Å². The third kappa shape index (κ3) is 4.58. The van der Waals surface area contributed by atoms with Crippen molar-refractivity contribution in [2.75, 3.05) is 7.05 Å². The fourth-order valence-corrected chi connectivity index (χ4v) is 1.08. The number of nitrogens with two attached hydrogens (primary N) is 1. The molecule has 84 valence electrons. The van der Waals surface area contributed by atoms with E-state index in [1.807, 2.05) is 0 Å². The zero-order chi connectivity index (χ0) is 11.8. The lowest BCUT2D eigenvalue weighted by molar-refractivity contribution is -0.124. The van der Waals surface area contributed by atoms with Crippen LogP contribution in [0, 0.1) is 0 Å². The number of carbonyl (C=O) groups excluding carboxylic acids is 1. The summed E-state index contributed by atoms with van der Waals surface area (Å²) in [4.78, 5) is 11.1. The van der Waals surface area contributed by atoms with Crippen LogP contribution in [0.3, 0.4) is 0 Å². The van der Waals surface area contributed by atoms with Crippen molar-refractivity contribution >= 4 is 5.91 Å².